The Bertz CT molecular complexity index is 363. The van der Waals surface area contributed by atoms with E-state index < -0.39 is 0 Å². The third-order valence-electron chi connectivity index (χ3n) is 2.51. The fourth-order valence-electron chi connectivity index (χ4n) is 1.64. The third-order valence-corrected chi connectivity index (χ3v) is 2.51. The second kappa shape index (κ2) is 3.96. The minimum absolute atomic E-state index is 0.0806. The van der Waals surface area contributed by atoms with E-state index >= 15 is 0 Å². The van der Waals surface area contributed by atoms with Crippen molar-refractivity contribution in [1.29, 1.82) is 0 Å². The van der Waals surface area contributed by atoms with Crippen LogP contribution >= 0.6 is 0 Å². The van der Waals surface area contributed by atoms with Crippen LogP contribution in [-0.4, -0.2) is 17.6 Å². The first-order chi connectivity index (χ1) is 7.22. The highest BCUT2D eigenvalue weighted by atomic mass is 19.1. The largest absolute Gasteiger partial charge is 0.466 e. The Morgan fingerprint density at radius 3 is 3.07 bits per heavy atom. The molecule has 1 saturated carbocycles. The summed E-state index contributed by atoms with van der Waals surface area (Å²) >= 11 is 0. The van der Waals surface area contributed by atoms with E-state index in [1.165, 1.54) is 12.3 Å². The van der Waals surface area contributed by atoms with Gasteiger partial charge in [-0.2, -0.15) is 0 Å². The molecule has 1 heterocycles. The maximum absolute atomic E-state index is 12.6. The smallest absolute Gasteiger partial charge is 0.309 e. The van der Waals surface area contributed by atoms with Crippen LogP contribution in [0.4, 0.5) is 4.39 Å². The molecule has 1 aromatic heterocycles. The van der Waals surface area contributed by atoms with Gasteiger partial charge < -0.3 is 4.74 Å². The number of pyridine rings is 1. The second-order valence-electron chi connectivity index (χ2n) is 3.60. The van der Waals surface area contributed by atoms with E-state index in [-0.39, 0.29) is 23.6 Å². The molecule has 0 aromatic carbocycles. The zero-order valence-corrected chi connectivity index (χ0v) is 8.44. The molecule has 0 amide bonds. The number of aromatic nitrogens is 1. The number of rotatable bonds is 3. The van der Waals surface area contributed by atoms with Gasteiger partial charge in [0.05, 0.1) is 18.7 Å². The Labute approximate surface area is 87.3 Å². The quantitative estimate of drug-likeness (QED) is 0.713. The lowest BCUT2D eigenvalue weighted by molar-refractivity contribution is -0.144. The normalized spacial score (nSPS) is 23.6. The van der Waals surface area contributed by atoms with E-state index in [1.807, 2.05) is 0 Å². The number of nitrogens with zero attached hydrogens (tertiary/aromatic N) is 1. The molecule has 1 unspecified atom stereocenters. The van der Waals surface area contributed by atoms with Crippen molar-refractivity contribution in [2.75, 3.05) is 6.61 Å². The Kier molecular flexibility index (Phi) is 2.66. The SMILES string of the molecule is CCOC(=O)[C@H]1CC1c1ccc(F)cn1. The molecule has 1 aromatic rings. The zero-order chi connectivity index (χ0) is 10.8. The topological polar surface area (TPSA) is 39.2 Å². The molecule has 0 spiro atoms. The van der Waals surface area contributed by atoms with Gasteiger partial charge in [0.2, 0.25) is 0 Å². The first-order valence-corrected chi connectivity index (χ1v) is 5.00. The number of ether oxygens (including phenoxy) is 1. The van der Waals surface area contributed by atoms with Crippen LogP contribution in [-0.2, 0) is 9.53 Å². The Hall–Kier alpha value is -1.45. The van der Waals surface area contributed by atoms with Crippen LogP contribution in [0.2, 0.25) is 0 Å². The second-order valence-corrected chi connectivity index (χ2v) is 3.60. The predicted molar refractivity (Wildman–Crippen MR) is 51.7 cm³/mol. The minimum Gasteiger partial charge on any atom is -0.466 e. The molecule has 0 aliphatic heterocycles. The van der Waals surface area contributed by atoms with E-state index in [0.29, 0.717) is 6.61 Å². The van der Waals surface area contributed by atoms with E-state index in [9.17, 15) is 9.18 Å². The summed E-state index contributed by atoms with van der Waals surface area (Å²) in [6.45, 7) is 2.18. The molecular weight excluding hydrogens is 197 g/mol. The van der Waals surface area contributed by atoms with Crippen LogP contribution in [0.25, 0.3) is 0 Å². The molecule has 0 N–H and O–H groups in total. The van der Waals surface area contributed by atoms with Gasteiger partial charge in [-0.1, -0.05) is 0 Å². The summed E-state index contributed by atoms with van der Waals surface area (Å²) < 4.78 is 17.5. The Morgan fingerprint density at radius 2 is 2.47 bits per heavy atom. The molecule has 0 saturated heterocycles. The molecule has 80 valence electrons. The van der Waals surface area contributed by atoms with Crippen molar-refractivity contribution >= 4 is 5.97 Å². The Balaban J connectivity index is 1.98. The van der Waals surface area contributed by atoms with E-state index in [4.69, 9.17) is 4.74 Å². The van der Waals surface area contributed by atoms with Crippen molar-refractivity contribution in [2.24, 2.45) is 5.92 Å². The molecule has 2 atom stereocenters. The standard InChI is InChI=1S/C11H12FNO2/c1-2-15-11(14)9-5-8(9)10-4-3-7(12)6-13-10/h3-4,6,8-9H,2,5H2,1H3/t8?,9-/m0/s1. The Morgan fingerprint density at radius 1 is 1.67 bits per heavy atom. The number of halogens is 1. The maximum Gasteiger partial charge on any atom is 0.309 e. The molecule has 1 aliphatic carbocycles. The minimum atomic E-state index is -0.355. The lowest BCUT2D eigenvalue weighted by atomic mass is 10.2. The average Bonchev–Trinajstić information content (AvgIpc) is 2.99. The van der Waals surface area contributed by atoms with Crippen molar-refractivity contribution in [3.63, 3.8) is 0 Å². The first-order valence-electron chi connectivity index (χ1n) is 5.00. The van der Waals surface area contributed by atoms with Gasteiger partial charge in [-0.3, -0.25) is 9.78 Å². The van der Waals surface area contributed by atoms with Gasteiger partial charge in [-0.05, 0) is 25.5 Å². The summed E-state index contributed by atoms with van der Waals surface area (Å²) in [7, 11) is 0. The lowest BCUT2D eigenvalue weighted by Crippen LogP contribution is -2.07. The van der Waals surface area contributed by atoms with Gasteiger partial charge in [0, 0.05) is 11.6 Å². The summed E-state index contributed by atoms with van der Waals surface area (Å²) in [6.07, 6.45) is 1.94. The molecule has 2 rings (SSSR count). The van der Waals surface area contributed by atoms with E-state index in [1.54, 1.807) is 13.0 Å². The fourth-order valence-corrected chi connectivity index (χ4v) is 1.64. The lowest BCUT2D eigenvalue weighted by Gasteiger charge is -2.00. The van der Waals surface area contributed by atoms with Crippen molar-refractivity contribution in [1.82, 2.24) is 4.98 Å². The molecular formula is C11H12FNO2. The predicted octanol–water partition coefficient (Wildman–Crippen LogP) is 1.89. The van der Waals surface area contributed by atoms with Gasteiger partial charge in [0.1, 0.15) is 5.82 Å². The van der Waals surface area contributed by atoms with E-state index in [2.05, 4.69) is 4.98 Å². The highest BCUT2D eigenvalue weighted by Gasteiger charge is 2.46. The summed E-state index contributed by atoms with van der Waals surface area (Å²) in [5.41, 5.74) is 0.773. The summed E-state index contributed by atoms with van der Waals surface area (Å²) in [5, 5.41) is 0. The number of esters is 1. The number of hydrogen-bond acceptors (Lipinski definition) is 3. The van der Waals surface area contributed by atoms with E-state index in [0.717, 1.165) is 12.1 Å². The third kappa shape index (κ3) is 2.14. The average molecular weight is 209 g/mol. The molecule has 4 heteroatoms. The summed E-state index contributed by atoms with van der Waals surface area (Å²) in [5.74, 6) is -0.492. The summed E-state index contributed by atoms with van der Waals surface area (Å²) in [4.78, 5) is 15.3. The molecule has 3 nitrogen and oxygen atoms in total. The van der Waals surface area contributed by atoms with Crippen molar-refractivity contribution in [2.45, 2.75) is 19.3 Å². The summed E-state index contributed by atoms with van der Waals surface area (Å²) in [6, 6.07) is 2.99. The highest BCUT2D eigenvalue weighted by Crippen LogP contribution is 2.47. The van der Waals surface area contributed by atoms with Crippen molar-refractivity contribution in [3.8, 4) is 0 Å². The maximum atomic E-state index is 12.6. The molecule has 0 bridgehead atoms. The molecule has 0 radical (unpaired) electrons. The number of carbonyl (C=O) groups excluding carboxylic acids is 1. The van der Waals surface area contributed by atoms with Crippen LogP contribution in [0.1, 0.15) is 25.0 Å². The number of carbonyl (C=O) groups is 1. The van der Waals surface area contributed by atoms with Gasteiger partial charge in [0.15, 0.2) is 0 Å². The fraction of sp³-hybridized carbons (Fsp3) is 0.455. The van der Waals surface area contributed by atoms with Crippen molar-refractivity contribution < 1.29 is 13.9 Å². The van der Waals surface area contributed by atoms with Crippen LogP contribution in [0.15, 0.2) is 18.3 Å². The first kappa shape index (κ1) is 10.1. The van der Waals surface area contributed by atoms with Crippen molar-refractivity contribution in [3.05, 3.63) is 29.8 Å². The van der Waals surface area contributed by atoms with Gasteiger partial charge >= 0.3 is 5.97 Å². The van der Waals surface area contributed by atoms with Gasteiger partial charge in [-0.25, -0.2) is 4.39 Å². The van der Waals surface area contributed by atoms with Gasteiger partial charge in [-0.15, -0.1) is 0 Å². The highest BCUT2D eigenvalue weighted by molar-refractivity contribution is 5.77. The zero-order valence-electron chi connectivity index (χ0n) is 8.44. The molecule has 1 fully saturated rings. The van der Waals surface area contributed by atoms with Gasteiger partial charge in [0.25, 0.3) is 0 Å². The molecule has 1 aliphatic rings. The number of hydrogen-bond donors (Lipinski definition) is 0. The molecule has 15 heavy (non-hydrogen) atoms. The van der Waals surface area contributed by atoms with Crippen LogP contribution in [0.3, 0.4) is 0 Å². The van der Waals surface area contributed by atoms with Crippen LogP contribution in [0, 0.1) is 11.7 Å². The van der Waals surface area contributed by atoms with Crippen LogP contribution < -0.4 is 0 Å². The van der Waals surface area contributed by atoms with Crippen LogP contribution in [0.5, 0.6) is 0 Å². The monoisotopic (exact) mass is 209 g/mol.